The molecule has 1 unspecified atom stereocenters. The summed E-state index contributed by atoms with van der Waals surface area (Å²) in [6.07, 6.45) is 2.25. The van der Waals surface area contributed by atoms with Gasteiger partial charge in [0.1, 0.15) is 0 Å². The van der Waals surface area contributed by atoms with Crippen molar-refractivity contribution in [2.24, 2.45) is 0 Å². The minimum Gasteiger partial charge on any atom is -0.493 e. The van der Waals surface area contributed by atoms with Gasteiger partial charge in [-0.25, -0.2) is 0 Å². The number of ether oxygens (including phenoxy) is 3. The van der Waals surface area contributed by atoms with Crippen LogP contribution in [0.4, 0.5) is 0 Å². The molecule has 0 aromatic heterocycles. The van der Waals surface area contributed by atoms with Crippen molar-refractivity contribution < 1.29 is 19.0 Å². The van der Waals surface area contributed by atoms with E-state index in [2.05, 4.69) is 0 Å². The predicted molar refractivity (Wildman–Crippen MR) is 75.1 cm³/mol. The number of carbonyl (C=O) groups is 1. The summed E-state index contributed by atoms with van der Waals surface area (Å²) < 4.78 is 16.2. The number of benzene rings is 1. The van der Waals surface area contributed by atoms with Gasteiger partial charge in [0.15, 0.2) is 18.1 Å². The van der Waals surface area contributed by atoms with Gasteiger partial charge in [0.05, 0.1) is 13.2 Å². The van der Waals surface area contributed by atoms with Gasteiger partial charge in [0, 0.05) is 20.2 Å². The summed E-state index contributed by atoms with van der Waals surface area (Å²) in [5.41, 5.74) is 0. The molecule has 0 N–H and O–H groups in total. The normalized spacial score (nSPS) is 17.8. The molecule has 1 aliphatic heterocycles. The van der Waals surface area contributed by atoms with Crippen LogP contribution in [-0.4, -0.2) is 50.8 Å². The molecule has 0 saturated carbocycles. The molecular formula is C15H21NO4. The number of carbonyl (C=O) groups excluding carboxylic acids is 1. The van der Waals surface area contributed by atoms with Gasteiger partial charge >= 0.3 is 0 Å². The second kappa shape index (κ2) is 7.14. The molecule has 1 atom stereocenters. The molecule has 0 bridgehead atoms. The first-order valence-electron chi connectivity index (χ1n) is 6.82. The maximum Gasteiger partial charge on any atom is 0.260 e. The van der Waals surface area contributed by atoms with Crippen LogP contribution in [0.25, 0.3) is 0 Å². The summed E-state index contributed by atoms with van der Waals surface area (Å²) in [5, 5.41) is 0. The summed E-state index contributed by atoms with van der Waals surface area (Å²) in [6, 6.07) is 7.29. The molecule has 1 aromatic rings. The zero-order valence-corrected chi connectivity index (χ0v) is 12.0. The molecule has 1 saturated heterocycles. The second-order valence-corrected chi connectivity index (χ2v) is 4.85. The van der Waals surface area contributed by atoms with Gasteiger partial charge in [0.2, 0.25) is 0 Å². The molecular weight excluding hydrogens is 258 g/mol. The Labute approximate surface area is 119 Å². The Morgan fingerprint density at radius 2 is 2.15 bits per heavy atom. The van der Waals surface area contributed by atoms with Gasteiger partial charge < -0.3 is 19.1 Å². The molecule has 1 fully saturated rings. The van der Waals surface area contributed by atoms with E-state index in [-0.39, 0.29) is 18.6 Å². The lowest BCUT2D eigenvalue weighted by atomic mass is 10.2. The van der Waals surface area contributed by atoms with Crippen LogP contribution in [-0.2, 0) is 9.53 Å². The highest BCUT2D eigenvalue weighted by atomic mass is 16.5. The zero-order chi connectivity index (χ0) is 14.4. The molecule has 1 heterocycles. The van der Waals surface area contributed by atoms with Gasteiger partial charge in [-0.05, 0) is 25.0 Å². The van der Waals surface area contributed by atoms with Crippen LogP contribution in [0.1, 0.15) is 12.8 Å². The number of nitrogens with zero attached hydrogens (tertiary/aromatic N) is 1. The molecule has 20 heavy (non-hydrogen) atoms. The van der Waals surface area contributed by atoms with E-state index >= 15 is 0 Å². The van der Waals surface area contributed by atoms with Crippen molar-refractivity contribution in [3.63, 3.8) is 0 Å². The second-order valence-electron chi connectivity index (χ2n) is 4.85. The van der Waals surface area contributed by atoms with E-state index in [0.29, 0.717) is 18.0 Å². The molecule has 0 radical (unpaired) electrons. The van der Waals surface area contributed by atoms with Gasteiger partial charge in [-0.2, -0.15) is 0 Å². The third-order valence-electron chi connectivity index (χ3n) is 3.35. The Morgan fingerprint density at radius 3 is 2.80 bits per heavy atom. The van der Waals surface area contributed by atoms with E-state index in [0.717, 1.165) is 19.4 Å². The van der Waals surface area contributed by atoms with Crippen LogP contribution in [0.5, 0.6) is 11.5 Å². The van der Waals surface area contributed by atoms with Crippen molar-refractivity contribution in [2.45, 2.75) is 18.9 Å². The maximum absolute atomic E-state index is 12.0. The molecule has 0 spiro atoms. The van der Waals surface area contributed by atoms with Crippen molar-refractivity contribution in [1.29, 1.82) is 0 Å². The Kier molecular flexibility index (Phi) is 5.24. The fraction of sp³-hybridized carbons (Fsp3) is 0.533. The maximum atomic E-state index is 12.0. The molecule has 2 rings (SSSR count). The number of rotatable bonds is 6. The van der Waals surface area contributed by atoms with Crippen LogP contribution in [0, 0.1) is 0 Å². The van der Waals surface area contributed by atoms with Crippen molar-refractivity contribution in [1.82, 2.24) is 4.90 Å². The molecule has 5 nitrogen and oxygen atoms in total. The largest absolute Gasteiger partial charge is 0.493 e. The first kappa shape index (κ1) is 14.7. The van der Waals surface area contributed by atoms with Gasteiger partial charge in [0.25, 0.3) is 5.91 Å². The number of amides is 1. The lowest BCUT2D eigenvalue weighted by molar-refractivity contribution is -0.133. The average Bonchev–Trinajstić information content (AvgIpc) is 2.97. The highest BCUT2D eigenvalue weighted by Crippen LogP contribution is 2.25. The molecule has 1 amide bonds. The fourth-order valence-corrected chi connectivity index (χ4v) is 2.18. The Morgan fingerprint density at radius 1 is 1.40 bits per heavy atom. The van der Waals surface area contributed by atoms with E-state index in [1.807, 2.05) is 12.1 Å². The Hall–Kier alpha value is -1.75. The summed E-state index contributed by atoms with van der Waals surface area (Å²) in [5.74, 6) is 1.14. The molecule has 0 aliphatic carbocycles. The minimum absolute atomic E-state index is 0.00356. The number of likely N-dealkylation sites (N-methyl/N-ethyl adjacent to an activating group) is 1. The predicted octanol–water partition coefficient (Wildman–Crippen LogP) is 1.71. The van der Waals surface area contributed by atoms with Gasteiger partial charge in [-0.15, -0.1) is 0 Å². The summed E-state index contributed by atoms with van der Waals surface area (Å²) in [6.45, 7) is 1.42. The number of methoxy groups -OCH3 is 1. The van der Waals surface area contributed by atoms with Crippen molar-refractivity contribution in [2.75, 3.05) is 33.9 Å². The summed E-state index contributed by atoms with van der Waals surface area (Å²) in [4.78, 5) is 13.7. The third kappa shape index (κ3) is 3.87. The Balaban J connectivity index is 1.81. The highest BCUT2D eigenvalue weighted by molar-refractivity contribution is 5.77. The van der Waals surface area contributed by atoms with E-state index in [9.17, 15) is 4.79 Å². The first-order chi connectivity index (χ1) is 9.70. The lowest BCUT2D eigenvalue weighted by Crippen LogP contribution is -2.37. The summed E-state index contributed by atoms with van der Waals surface area (Å²) >= 11 is 0. The standard InChI is InChI=1S/C15H21NO4/c1-16(10-12-6-5-9-19-12)15(17)11-20-14-8-4-3-7-13(14)18-2/h3-4,7-8,12H,5-6,9-11H2,1-2H3. The zero-order valence-electron chi connectivity index (χ0n) is 12.0. The summed E-state index contributed by atoms with van der Waals surface area (Å²) in [7, 11) is 3.35. The molecule has 5 heteroatoms. The van der Waals surface area contributed by atoms with E-state index in [4.69, 9.17) is 14.2 Å². The third-order valence-corrected chi connectivity index (χ3v) is 3.35. The Bertz CT molecular complexity index is 443. The monoisotopic (exact) mass is 279 g/mol. The van der Waals surface area contributed by atoms with Crippen LogP contribution in [0.3, 0.4) is 0 Å². The topological polar surface area (TPSA) is 48.0 Å². The van der Waals surface area contributed by atoms with Gasteiger partial charge in [-0.3, -0.25) is 4.79 Å². The van der Waals surface area contributed by atoms with Gasteiger partial charge in [-0.1, -0.05) is 12.1 Å². The number of hydrogen-bond donors (Lipinski definition) is 0. The molecule has 110 valence electrons. The molecule has 1 aliphatic rings. The first-order valence-corrected chi connectivity index (χ1v) is 6.82. The van der Waals surface area contributed by atoms with Crippen molar-refractivity contribution in [3.05, 3.63) is 24.3 Å². The van der Waals surface area contributed by atoms with E-state index in [1.165, 1.54) is 0 Å². The quantitative estimate of drug-likeness (QED) is 0.795. The number of hydrogen-bond acceptors (Lipinski definition) is 4. The average molecular weight is 279 g/mol. The van der Waals surface area contributed by atoms with Crippen LogP contribution < -0.4 is 9.47 Å². The van der Waals surface area contributed by atoms with Crippen LogP contribution in [0.15, 0.2) is 24.3 Å². The van der Waals surface area contributed by atoms with Crippen LogP contribution in [0.2, 0.25) is 0 Å². The van der Waals surface area contributed by atoms with Crippen molar-refractivity contribution in [3.8, 4) is 11.5 Å². The fourth-order valence-electron chi connectivity index (χ4n) is 2.18. The SMILES string of the molecule is COc1ccccc1OCC(=O)N(C)CC1CCCO1. The van der Waals surface area contributed by atoms with Crippen molar-refractivity contribution >= 4 is 5.91 Å². The van der Waals surface area contributed by atoms with E-state index in [1.54, 1.807) is 31.2 Å². The molecule has 1 aromatic carbocycles. The lowest BCUT2D eigenvalue weighted by Gasteiger charge is -2.21. The number of para-hydroxylation sites is 2. The minimum atomic E-state index is -0.0635. The van der Waals surface area contributed by atoms with E-state index < -0.39 is 0 Å². The van der Waals surface area contributed by atoms with Crippen LogP contribution >= 0.6 is 0 Å². The highest BCUT2D eigenvalue weighted by Gasteiger charge is 2.20. The smallest absolute Gasteiger partial charge is 0.260 e.